The molecule has 106 valence electrons. The molecule has 19 heavy (non-hydrogen) atoms. The Morgan fingerprint density at radius 1 is 1.37 bits per heavy atom. The molecule has 4 heteroatoms. The quantitative estimate of drug-likeness (QED) is 0.870. The van der Waals surface area contributed by atoms with Gasteiger partial charge in [0.05, 0.1) is 0 Å². The van der Waals surface area contributed by atoms with Crippen molar-refractivity contribution in [3.63, 3.8) is 0 Å². The van der Waals surface area contributed by atoms with Gasteiger partial charge in [-0.2, -0.15) is 0 Å². The molecule has 1 aliphatic carbocycles. The summed E-state index contributed by atoms with van der Waals surface area (Å²) in [5.41, 5.74) is 4.39. The lowest BCUT2D eigenvalue weighted by Gasteiger charge is -2.23. The van der Waals surface area contributed by atoms with Gasteiger partial charge < -0.3 is 15.3 Å². The first-order valence-electron chi connectivity index (χ1n) is 6.86. The molecule has 2 N–H and O–H groups in total. The molecule has 1 fully saturated rings. The standard InChI is InChI=1S/C15H22N2O.ClH/c1-17(10-15(11-18)6-7-15)9-13-4-2-3-12-5-8-16-14(12)13;/h2-4,16,18H,5-11H2,1H3;1H. The fourth-order valence-electron chi connectivity index (χ4n) is 3.00. The van der Waals surface area contributed by atoms with E-state index >= 15 is 0 Å². The number of anilines is 1. The van der Waals surface area contributed by atoms with E-state index in [9.17, 15) is 5.11 Å². The monoisotopic (exact) mass is 282 g/mol. The molecule has 1 heterocycles. The average molecular weight is 283 g/mol. The van der Waals surface area contributed by atoms with Crippen molar-refractivity contribution in [3.8, 4) is 0 Å². The van der Waals surface area contributed by atoms with Gasteiger partial charge in [0.15, 0.2) is 0 Å². The molecule has 3 rings (SSSR count). The molecule has 0 spiro atoms. The Hall–Kier alpha value is -0.770. The van der Waals surface area contributed by atoms with Crippen LogP contribution in [0.4, 0.5) is 5.69 Å². The van der Waals surface area contributed by atoms with Crippen LogP contribution in [0.2, 0.25) is 0 Å². The molecule has 2 aliphatic rings. The fourth-order valence-corrected chi connectivity index (χ4v) is 3.00. The molecule has 0 unspecified atom stereocenters. The number of halogens is 1. The molecule has 0 bridgehead atoms. The molecular weight excluding hydrogens is 260 g/mol. The number of para-hydroxylation sites is 1. The topological polar surface area (TPSA) is 35.5 Å². The van der Waals surface area contributed by atoms with E-state index in [4.69, 9.17) is 0 Å². The first-order chi connectivity index (χ1) is 8.72. The predicted molar refractivity (Wildman–Crippen MR) is 81.0 cm³/mol. The predicted octanol–water partition coefficient (Wildman–Crippen LogP) is 2.28. The summed E-state index contributed by atoms with van der Waals surface area (Å²) in [6, 6.07) is 6.59. The lowest BCUT2D eigenvalue weighted by molar-refractivity contribution is 0.161. The Bertz CT molecular complexity index is 446. The van der Waals surface area contributed by atoms with Gasteiger partial charge in [-0.15, -0.1) is 12.4 Å². The van der Waals surface area contributed by atoms with Crippen LogP contribution in [0, 0.1) is 5.41 Å². The summed E-state index contributed by atoms with van der Waals surface area (Å²) >= 11 is 0. The van der Waals surface area contributed by atoms with Crippen molar-refractivity contribution in [1.29, 1.82) is 0 Å². The van der Waals surface area contributed by atoms with Crippen molar-refractivity contribution >= 4 is 18.1 Å². The Morgan fingerprint density at radius 2 is 2.16 bits per heavy atom. The Kier molecular flexibility index (Phi) is 4.39. The van der Waals surface area contributed by atoms with Crippen molar-refractivity contribution in [3.05, 3.63) is 29.3 Å². The molecule has 1 aromatic carbocycles. The van der Waals surface area contributed by atoms with E-state index in [2.05, 4.69) is 35.5 Å². The van der Waals surface area contributed by atoms with Gasteiger partial charge in [-0.3, -0.25) is 0 Å². The van der Waals surface area contributed by atoms with Crippen LogP contribution in [0.5, 0.6) is 0 Å². The highest BCUT2D eigenvalue weighted by Crippen LogP contribution is 2.45. The second-order valence-corrected chi connectivity index (χ2v) is 5.96. The van der Waals surface area contributed by atoms with Gasteiger partial charge in [-0.25, -0.2) is 0 Å². The molecule has 0 aromatic heterocycles. The van der Waals surface area contributed by atoms with E-state index < -0.39 is 0 Å². The molecule has 0 saturated heterocycles. The van der Waals surface area contributed by atoms with Crippen molar-refractivity contribution in [1.82, 2.24) is 4.90 Å². The summed E-state index contributed by atoms with van der Waals surface area (Å²) in [7, 11) is 2.16. The van der Waals surface area contributed by atoms with Crippen LogP contribution < -0.4 is 5.32 Å². The maximum absolute atomic E-state index is 9.39. The van der Waals surface area contributed by atoms with Crippen LogP contribution in [-0.4, -0.2) is 36.8 Å². The fraction of sp³-hybridized carbons (Fsp3) is 0.600. The Morgan fingerprint density at radius 3 is 2.84 bits per heavy atom. The van der Waals surface area contributed by atoms with E-state index in [-0.39, 0.29) is 17.8 Å². The summed E-state index contributed by atoms with van der Waals surface area (Å²) < 4.78 is 0. The number of nitrogens with zero attached hydrogens (tertiary/aromatic N) is 1. The minimum absolute atomic E-state index is 0. The lowest BCUT2D eigenvalue weighted by atomic mass is 10.1. The van der Waals surface area contributed by atoms with Crippen molar-refractivity contribution in [2.75, 3.05) is 32.1 Å². The zero-order valence-corrected chi connectivity index (χ0v) is 12.3. The largest absolute Gasteiger partial charge is 0.396 e. The number of aliphatic hydroxyl groups excluding tert-OH is 1. The summed E-state index contributed by atoms with van der Waals surface area (Å²) in [5.74, 6) is 0. The van der Waals surface area contributed by atoms with E-state index in [1.54, 1.807) is 0 Å². The van der Waals surface area contributed by atoms with Gasteiger partial charge in [0.2, 0.25) is 0 Å². The smallest absolute Gasteiger partial charge is 0.0499 e. The first kappa shape index (κ1) is 14.6. The number of aliphatic hydroxyl groups is 1. The summed E-state index contributed by atoms with van der Waals surface area (Å²) in [5, 5.41) is 12.9. The molecule has 1 aliphatic heterocycles. The van der Waals surface area contributed by atoms with Crippen LogP contribution >= 0.6 is 12.4 Å². The molecular formula is C15H23ClN2O. The Balaban J connectivity index is 0.00000133. The second-order valence-electron chi connectivity index (χ2n) is 5.96. The van der Waals surface area contributed by atoms with Gasteiger partial charge in [-0.1, -0.05) is 18.2 Å². The third-order valence-electron chi connectivity index (χ3n) is 4.27. The normalized spacial score (nSPS) is 18.7. The number of hydrogen-bond acceptors (Lipinski definition) is 3. The van der Waals surface area contributed by atoms with E-state index in [0.717, 1.165) is 26.1 Å². The third kappa shape index (κ3) is 3.04. The Labute approximate surface area is 121 Å². The lowest BCUT2D eigenvalue weighted by Crippen LogP contribution is -2.28. The van der Waals surface area contributed by atoms with Crippen LogP contribution in [0.25, 0.3) is 0 Å². The van der Waals surface area contributed by atoms with Crippen LogP contribution in [0.15, 0.2) is 18.2 Å². The third-order valence-corrected chi connectivity index (χ3v) is 4.27. The second kappa shape index (κ2) is 5.70. The number of benzene rings is 1. The molecule has 0 radical (unpaired) electrons. The highest BCUT2D eigenvalue weighted by molar-refractivity contribution is 5.85. The van der Waals surface area contributed by atoms with Gasteiger partial charge in [0.1, 0.15) is 0 Å². The minimum Gasteiger partial charge on any atom is -0.396 e. The number of hydrogen-bond donors (Lipinski definition) is 2. The van der Waals surface area contributed by atoms with Crippen molar-refractivity contribution in [2.45, 2.75) is 25.8 Å². The number of nitrogens with one attached hydrogen (secondary N) is 1. The SMILES string of the molecule is CN(Cc1cccc2c1NCC2)CC1(CO)CC1.Cl. The minimum atomic E-state index is 0. The van der Waals surface area contributed by atoms with Gasteiger partial charge in [0.25, 0.3) is 0 Å². The maximum atomic E-state index is 9.39. The molecule has 1 aromatic rings. The summed E-state index contributed by atoms with van der Waals surface area (Å²) in [6.45, 7) is 3.38. The maximum Gasteiger partial charge on any atom is 0.0499 e. The van der Waals surface area contributed by atoms with E-state index in [0.29, 0.717) is 6.61 Å². The first-order valence-corrected chi connectivity index (χ1v) is 6.86. The number of rotatable bonds is 5. The summed E-state index contributed by atoms with van der Waals surface area (Å²) in [6.07, 6.45) is 3.51. The average Bonchev–Trinajstić information content (AvgIpc) is 2.96. The highest BCUT2D eigenvalue weighted by atomic mass is 35.5. The van der Waals surface area contributed by atoms with E-state index in [1.165, 1.54) is 29.7 Å². The highest BCUT2D eigenvalue weighted by Gasteiger charge is 2.42. The summed E-state index contributed by atoms with van der Waals surface area (Å²) in [4.78, 5) is 2.35. The van der Waals surface area contributed by atoms with E-state index in [1.807, 2.05) is 0 Å². The molecule has 1 saturated carbocycles. The zero-order valence-electron chi connectivity index (χ0n) is 11.5. The molecule has 0 amide bonds. The van der Waals surface area contributed by atoms with Crippen LogP contribution in [0.1, 0.15) is 24.0 Å². The van der Waals surface area contributed by atoms with Crippen LogP contribution in [0.3, 0.4) is 0 Å². The number of fused-ring (bicyclic) bond motifs is 1. The van der Waals surface area contributed by atoms with Gasteiger partial charge >= 0.3 is 0 Å². The van der Waals surface area contributed by atoms with Gasteiger partial charge in [-0.05, 0) is 37.4 Å². The van der Waals surface area contributed by atoms with Gasteiger partial charge in [0, 0.05) is 37.3 Å². The zero-order chi connectivity index (χ0) is 12.6. The van der Waals surface area contributed by atoms with Crippen molar-refractivity contribution in [2.24, 2.45) is 5.41 Å². The molecule has 0 atom stereocenters. The molecule has 3 nitrogen and oxygen atoms in total. The van der Waals surface area contributed by atoms with Crippen molar-refractivity contribution < 1.29 is 5.11 Å². The van der Waals surface area contributed by atoms with Crippen LogP contribution in [-0.2, 0) is 13.0 Å².